The normalized spacial score (nSPS) is 15.5. The molecular weight excluding hydrogens is 396 g/mol. The second-order valence-corrected chi connectivity index (χ2v) is 7.29. The quantitative estimate of drug-likeness (QED) is 0.614. The van der Waals surface area contributed by atoms with E-state index < -0.39 is 0 Å². The predicted octanol–water partition coefficient (Wildman–Crippen LogP) is 2.98. The molecule has 0 bridgehead atoms. The lowest BCUT2D eigenvalue weighted by molar-refractivity contribution is 0.0370. The summed E-state index contributed by atoms with van der Waals surface area (Å²) in [5, 5.41) is 4.53. The molecule has 3 heterocycles. The summed E-state index contributed by atoms with van der Waals surface area (Å²) < 4.78 is 8.04. The predicted molar refractivity (Wildman–Crippen MR) is 102 cm³/mol. The average molecular weight is 415 g/mol. The minimum absolute atomic E-state index is 0.0235. The molecule has 0 spiro atoms. The maximum absolute atomic E-state index is 13.2. The number of ketones is 1. The summed E-state index contributed by atoms with van der Waals surface area (Å²) in [4.78, 5) is 20.0. The van der Waals surface area contributed by atoms with Crippen LogP contribution in [0.5, 0.6) is 0 Å². The Balaban J connectivity index is 1.79. The van der Waals surface area contributed by atoms with Crippen LogP contribution in [0.15, 0.2) is 40.9 Å². The monoisotopic (exact) mass is 414 g/mol. The number of aromatic nitrogens is 3. The van der Waals surface area contributed by atoms with E-state index in [1.165, 1.54) is 0 Å². The van der Waals surface area contributed by atoms with Crippen molar-refractivity contribution in [2.24, 2.45) is 0 Å². The fourth-order valence-electron chi connectivity index (χ4n) is 3.12. The topological polar surface area (TPSA) is 59.7 Å². The molecule has 26 heavy (non-hydrogen) atoms. The number of ether oxygens (including phenoxy) is 1. The molecule has 2 aromatic heterocycles. The van der Waals surface area contributed by atoms with Crippen LogP contribution < -0.4 is 0 Å². The number of nitrogens with zero attached hydrogens (tertiary/aromatic N) is 4. The molecule has 0 N–H and O–H groups in total. The maximum atomic E-state index is 13.2. The lowest BCUT2D eigenvalue weighted by Crippen LogP contribution is -2.39. The number of morpholine rings is 1. The Morgan fingerprint density at radius 2 is 1.88 bits per heavy atom. The number of carbonyl (C=O) groups excluding carboxylic acids is 1. The third-order valence-electron chi connectivity index (χ3n) is 4.46. The van der Waals surface area contributed by atoms with Gasteiger partial charge in [0.05, 0.1) is 25.5 Å². The van der Waals surface area contributed by atoms with E-state index in [-0.39, 0.29) is 5.78 Å². The van der Waals surface area contributed by atoms with Crippen molar-refractivity contribution in [3.63, 3.8) is 0 Å². The highest BCUT2D eigenvalue weighted by Gasteiger charge is 2.24. The van der Waals surface area contributed by atoms with Gasteiger partial charge in [-0.25, -0.2) is 9.50 Å². The molecule has 1 fully saturated rings. The first-order valence-corrected chi connectivity index (χ1v) is 9.37. The molecular formula is C19H19BrN4O2. The van der Waals surface area contributed by atoms with Crippen molar-refractivity contribution in [1.29, 1.82) is 0 Å². The van der Waals surface area contributed by atoms with Crippen LogP contribution in [-0.4, -0.2) is 58.1 Å². The van der Waals surface area contributed by atoms with E-state index >= 15 is 0 Å². The third kappa shape index (κ3) is 3.42. The number of halogens is 1. The summed E-state index contributed by atoms with van der Waals surface area (Å²) in [5.74, 6) is 0.0235. The van der Waals surface area contributed by atoms with Gasteiger partial charge in [0.2, 0.25) is 0 Å². The Morgan fingerprint density at radius 3 is 2.62 bits per heavy atom. The van der Waals surface area contributed by atoms with Gasteiger partial charge in [0.15, 0.2) is 11.4 Å². The molecule has 1 aliphatic heterocycles. The Kier molecular flexibility index (Phi) is 4.84. The van der Waals surface area contributed by atoms with Crippen molar-refractivity contribution in [1.82, 2.24) is 19.5 Å². The lowest BCUT2D eigenvalue weighted by Gasteiger charge is -2.25. The molecule has 1 saturated heterocycles. The first-order chi connectivity index (χ1) is 12.6. The smallest absolute Gasteiger partial charge is 0.197 e. The van der Waals surface area contributed by atoms with E-state index in [1.807, 2.05) is 43.3 Å². The maximum Gasteiger partial charge on any atom is 0.197 e. The largest absolute Gasteiger partial charge is 0.379 e. The van der Waals surface area contributed by atoms with E-state index in [4.69, 9.17) is 4.74 Å². The van der Waals surface area contributed by atoms with Crippen LogP contribution in [0.1, 0.15) is 16.2 Å². The molecule has 4 rings (SSSR count). The summed E-state index contributed by atoms with van der Waals surface area (Å²) in [5.41, 5.74) is 3.64. The first kappa shape index (κ1) is 17.3. The van der Waals surface area contributed by atoms with Gasteiger partial charge in [0.1, 0.15) is 11.4 Å². The zero-order valence-corrected chi connectivity index (χ0v) is 16.1. The number of Topliss-reactive ketones (excluding diaryl/α,β-unsaturated/α-hetero) is 1. The molecule has 134 valence electrons. The standard InChI is InChI=1S/C19H19BrN4O2/c1-13-2-7-17-21-18(14-3-5-15(20)6-4-14)19(24(17)22-13)16(25)12-23-8-10-26-11-9-23/h2-7H,8-12H2,1H3. The number of rotatable bonds is 4. The van der Waals surface area contributed by atoms with Gasteiger partial charge in [-0.2, -0.15) is 5.10 Å². The second kappa shape index (κ2) is 7.26. The van der Waals surface area contributed by atoms with Crippen LogP contribution >= 0.6 is 15.9 Å². The summed E-state index contributed by atoms with van der Waals surface area (Å²) in [6.45, 7) is 5.12. The Bertz CT molecular complexity index is 946. The zero-order valence-electron chi connectivity index (χ0n) is 14.5. The molecule has 0 aliphatic carbocycles. The van der Waals surface area contributed by atoms with Gasteiger partial charge in [0.25, 0.3) is 0 Å². The van der Waals surface area contributed by atoms with Gasteiger partial charge >= 0.3 is 0 Å². The van der Waals surface area contributed by atoms with Crippen LogP contribution in [0.25, 0.3) is 16.9 Å². The van der Waals surface area contributed by atoms with E-state index in [9.17, 15) is 4.79 Å². The molecule has 0 saturated carbocycles. The molecule has 3 aromatic rings. The fraction of sp³-hybridized carbons (Fsp3) is 0.316. The molecule has 1 aromatic carbocycles. The van der Waals surface area contributed by atoms with Crippen molar-refractivity contribution in [3.05, 3.63) is 52.3 Å². The van der Waals surface area contributed by atoms with E-state index in [2.05, 4.69) is 30.9 Å². The van der Waals surface area contributed by atoms with Gasteiger partial charge in [-0.3, -0.25) is 9.69 Å². The van der Waals surface area contributed by atoms with Crippen LogP contribution in [0.3, 0.4) is 0 Å². The average Bonchev–Trinajstić information content (AvgIpc) is 3.01. The van der Waals surface area contributed by atoms with Crippen LogP contribution in [0, 0.1) is 6.92 Å². The fourth-order valence-corrected chi connectivity index (χ4v) is 3.39. The van der Waals surface area contributed by atoms with Crippen LogP contribution in [-0.2, 0) is 4.74 Å². The second-order valence-electron chi connectivity index (χ2n) is 6.37. The van der Waals surface area contributed by atoms with Gasteiger partial charge in [-0.15, -0.1) is 0 Å². The first-order valence-electron chi connectivity index (χ1n) is 8.57. The number of hydrogen-bond donors (Lipinski definition) is 0. The summed E-state index contributed by atoms with van der Waals surface area (Å²) in [7, 11) is 0. The Hall–Kier alpha value is -2.09. The van der Waals surface area contributed by atoms with Gasteiger partial charge in [-0.1, -0.05) is 28.1 Å². The van der Waals surface area contributed by atoms with Crippen molar-refractivity contribution >= 4 is 27.4 Å². The van der Waals surface area contributed by atoms with E-state index in [1.54, 1.807) is 4.52 Å². The zero-order chi connectivity index (χ0) is 18.1. The number of aryl methyl sites for hydroxylation is 1. The molecule has 0 unspecified atom stereocenters. The minimum atomic E-state index is 0.0235. The molecule has 0 atom stereocenters. The Labute approximate surface area is 159 Å². The highest BCUT2D eigenvalue weighted by Crippen LogP contribution is 2.26. The molecule has 1 aliphatic rings. The number of hydrogen-bond acceptors (Lipinski definition) is 5. The number of fused-ring (bicyclic) bond motifs is 1. The molecule has 7 heteroatoms. The number of benzene rings is 1. The van der Waals surface area contributed by atoms with Gasteiger partial charge in [-0.05, 0) is 31.2 Å². The highest BCUT2D eigenvalue weighted by molar-refractivity contribution is 9.10. The summed E-state index contributed by atoms with van der Waals surface area (Å²) in [6, 6.07) is 11.6. The van der Waals surface area contributed by atoms with Crippen molar-refractivity contribution in [3.8, 4) is 11.3 Å². The van der Waals surface area contributed by atoms with Crippen molar-refractivity contribution in [2.75, 3.05) is 32.8 Å². The Morgan fingerprint density at radius 1 is 1.15 bits per heavy atom. The highest BCUT2D eigenvalue weighted by atomic mass is 79.9. The summed E-state index contributed by atoms with van der Waals surface area (Å²) >= 11 is 3.45. The van der Waals surface area contributed by atoms with Crippen LogP contribution in [0.2, 0.25) is 0 Å². The van der Waals surface area contributed by atoms with Gasteiger partial charge in [0, 0.05) is 23.1 Å². The number of carbonyl (C=O) groups is 1. The SMILES string of the molecule is Cc1ccc2nc(-c3ccc(Br)cc3)c(C(=O)CN3CCOCC3)n2n1. The number of imidazole rings is 1. The minimum Gasteiger partial charge on any atom is -0.379 e. The van der Waals surface area contributed by atoms with Crippen molar-refractivity contribution < 1.29 is 9.53 Å². The van der Waals surface area contributed by atoms with E-state index in [0.717, 1.165) is 28.8 Å². The van der Waals surface area contributed by atoms with Gasteiger partial charge < -0.3 is 4.74 Å². The summed E-state index contributed by atoms with van der Waals surface area (Å²) in [6.07, 6.45) is 0. The van der Waals surface area contributed by atoms with Crippen LogP contribution in [0.4, 0.5) is 0 Å². The molecule has 0 radical (unpaired) electrons. The van der Waals surface area contributed by atoms with E-state index in [0.29, 0.717) is 36.8 Å². The third-order valence-corrected chi connectivity index (χ3v) is 4.99. The van der Waals surface area contributed by atoms with Crippen molar-refractivity contribution in [2.45, 2.75) is 6.92 Å². The molecule has 0 amide bonds. The lowest BCUT2D eigenvalue weighted by atomic mass is 10.1. The molecule has 6 nitrogen and oxygen atoms in total.